The summed E-state index contributed by atoms with van der Waals surface area (Å²) in [4.78, 5) is 22.5. The smallest absolute Gasteiger partial charge is 0.411 e. The van der Waals surface area contributed by atoms with Crippen molar-refractivity contribution in [3.05, 3.63) is 65.8 Å². The molecule has 0 bridgehead atoms. The van der Waals surface area contributed by atoms with Crippen molar-refractivity contribution in [3.63, 3.8) is 0 Å². The van der Waals surface area contributed by atoms with Crippen molar-refractivity contribution in [1.82, 2.24) is 14.9 Å². The number of amides is 1. The Kier molecular flexibility index (Phi) is 8.63. The van der Waals surface area contributed by atoms with Gasteiger partial charge in [0.05, 0.1) is 13.2 Å². The van der Waals surface area contributed by atoms with E-state index in [0.29, 0.717) is 36.9 Å². The van der Waals surface area contributed by atoms with Crippen molar-refractivity contribution >= 4 is 62.2 Å². The minimum absolute atomic E-state index is 0.272. The van der Waals surface area contributed by atoms with Crippen LogP contribution in [0.2, 0.25) is 0 Å². The van der Waals surface area contributed by atoms with E-state index in [-0.39, 0.29) is 18.7 Å². The lowest BCUT2D eigenvalue weighted by Gasteiger charge is -2.35. The molecule has 1 amide bonds. The molecule has 2 heterocycles. The largest absolute Gasteiger partial charge is 0.493 e. The van der Waals surface area contributed by atoms with Crippen LogP contribution in [0.4, 0.5) is 9.18 Å². The Hall–Kier alpha value is -2.22. The summed E-state index contributed by atoms with van der Waals surface area (Å²) in [6, 6.07) is 7.12. The Bertz CT molecular complexity index is 1160. The molecule has 1 aliphatic carbocycles. The van der Waals surface area contributed by atoms with Gasteiger partial charge < -0.3 is 14.2 Å². The summed E-state index contributed by atoms with van der Waals surface area (Å²) in [5.41, 5.74) is 2.83. The van der Waals surface area contributed by atoms with Gasteiger partial charge in [-0.3, -0.25) is 4.90 Å². The molecule has 1 aromatic heterocycles. The lowest BCUT2D eigenvalue weighted by molar-refractivity contribution is 0.0518. The summed E-state index contributed by atoms with van der Waals surface area (Å²) < 4.78 is 38.0. The lowest BCUT2D eigenvalue weighted by Crippen LogP contribution is -2.44. The number of aromatic nitrogens is 2. The van der Waals surface area contributed by atoms with Gasteiger partial charge in [-0.15, -0.1) is 0 Å². The second-order valence-electron chi connectivity index (χ2n) is 7.83. The molecule has 2 aromatic rings. The number of rotatable bonds is 10. The van der Waals surface area contributed by atoms with Gasteiger partial charge in [-0.2, -0.15) is 4.39 Å². The van der Waals surface area contributed by atoms with Crippen LogP contribution in [0, 0.1) is 0 Å². The summed E-state index contributed by atoms with van der Waals surface area (Å²) in [5, 5.41) is 0. The van der Waals surface area contributed by atoms with Crippen LogP contribution in [-0.2, 0) is 11.3 Å². The molecule has 35 heavy (non-hydrogen) atoms. The third kappa shape index (κ3) is 6.32. The third-order valence-corrected chi connectivity index (χ3v) is 11.5. The summed E-state index contributed by atoms with van der Waals surface area (Å²) in [6.45, 7) is 3.25. The zero-order valence-electron chi connectivity index (χ0n) is 19.3. The maximum Gasteiger partial charge on any atom is 0.411 e. The first-order chi connectivity index (χ1) is 16.9. The molecule has 10 heteroatoms. The van der Waals surface area contributed by atoms with Gasteiger partial charge in [0.25, 0.3) is 0 Å². The van der Waals surface area contributed by atoms with E-state index in [1.807, 2.05) is 25.1 Å². The summed E-state index contributed by atoms with van der Waals surface area (Å²) in [6.07, 6.45) is 8.11. The number of benzene rings is 1. The van der Waals surface area contributed by atoms with Gasteiger partial charge in [-0.1, -0.05) is 22.0 Å². The maximum atomic E-state index is 14.8. The highest BCUT2D eigenvalue weighted by molar-refractivity contribution is 14.3. The second kappa shape index (κ2) is 11.7. The highest BCUT2D eigenvalue weighted by Crippen LogP contribution is 2.42. The average molecular weight is 705 g/mol. The number of nitrogens with zero attached hydrogens (tertiary/aromatic N) is 3. The van der Waals surface area contributed by atoms with Crippen molar-refractivity contribution in [3.8, 4) is 11.5 Å². The molecule has 4 rings (SSSR count). The zero-order valence-corrected chi connectivity index (χ0v) is 23.6. The van der Waals surface area contributed by atoms with Crippen LogP contribution in [0.3, 0.4) is 0 Å². The Labute approximate surface area is 223 Å². The number of halogens is 3. The molecule has 1 fully saturated rings. The van der Waals surface area contributed by atoms with Crippen molar-refractivity contribution < 1.29 is 23.4 Å². The Morgan fingerprint density at radius 2 is 2.06 bits per heavy atom. The van der Waals surface area contributed by atoms with E-state index in [2.05, 4.69) is 19.0 Å². The van der Waals surface area contributed by atoms with E-state index in [1.165, 1.54) is 0 Å². The fourth-order valence-electron chi connectivity index (χ4n) is 3.74. The lowest BCUT2D eigenvalue weighted by atomic mass is 9.91. The standard InChI is InChI=1S/C25H26FI2N3O4/c1-4-12-33-22-14-19(35-25(26,27-2)28-3)7-8-20(22)17-6-9-21-18(13-17)15-31(24(32)34-21)16-23-29-10-5-11-30-23/h5-8,10-11,13-14,21H,2-4,9,12,15-16H2,1H3. The second-order valence-corrected chi connectivity index (χ2v) is 14.2. The minimum Gasteiger partial charge on any atom is -0.493 e. The molecule has 1 saturated heterocycles. The molecule has 0 N–H and O–H groups in total. The first-order valence-corrected chi connectivity index (χ1v) is 16.2. The molecule has 7 nitrogen and oxygen atoms in total. The number of carbonyl (C=O) groups is 1. The number of ether oxygens (including phenoxy) is 3. The predicted molar refractivity (Wildman–Crippen MR) is 152 cm³/mol. The molecule has 0 saturated carbocycles. The summed E-state index contributed by atoms with van der Waals surface area (Å²) in [7, 11) is 0. The van der Waals surface area contributed by atoms with Crippen LogP contribution in [0.5, 0.6) is 11.5 Å². The Morgan fingerprint density at radius 3 is 2.77 bits per heavy atom. The monoisotopic (exact) mass is 705 g/mol. The Morgan fingerprint density at radius 1 is 1.29 bits per heavy atom. The van der Waals surface area contributed by atoms with E-state index in [0.717, 1.165) is 23.1 Å². The van der Waals surface area contributed by atoms with Crippen LogP contribution in [0.1, 0.15) is 31.2 Å². The maximum absolute atomic E-state index is 14.8. The quantitative estimate of drug-likeness (QED) is 0.231. The fourth-order valence-corrected chi connectivity index (χ4v) is 6.13. The zero-order chi connectivity index (χ0) is 24.8. The van der Waals surface area contributed by atoms with Crippen LogP contribution in [0.25, 0.3) is 5.57 Å². The molecule has 1 aliphatic heterocycles. The number of carbonyl (C=O) groups excluding carboxylic acids is 1. The summed E-state index contributed by atoms with van der Waals surface area (Å²) in [5.74, 6) is 1.59. The molecule has 186 valence electrons. The van der Waals surface area contributed by atoms with Gasteiger partial charge in [-0.25, -0.2) is 14.8 Å². The summed E-state index contributed by atoms with van der Waals surface area (Å²) >= 11 is -2.03. The molecule has 1 aromatic carbocycles. The van der Waals surface area contributed by atoms with Crippen molar-refractivity contribution in [2.45, 2.75) is 34.3 Å². The van der Waals surface area contributed by atoms with E-state index in [9.17, 15) is 9.18 Å². The predicted octanol–water partition coefficient (Wildman–Crippen LogP) is 5.76. The highest BCUT2D eigenvalue weighted by Gasteiger charge is 2.33. The van der Waals surface area contributed by atoms with E-state index in [4.69, 9.17) is 14.2 Å². The topological polar surface area (TPSA) is 73.8 Å². The van der Waals surface area contributed by atoms with Crippen molar-refractivity contribution in [2.75, 3.05) is 13.2 Å². The van der Waals surface area contributed by atoms with Crippen LogP contribution in [0.15, 0.2) is 54.4 Å². The van der Waals surface area contributed by atoms with Gasteiger partial charge in [0.1, 0.15) is 23.4 Å². The molecule has 0 radical (unpaired) electrons. The number of hydrogen-bond acceptors (Lipinski definition) is 6. The van der Waals surface area contributed by atoms with Crippen LogP contribution in [-0.4, -0.2) is 51.1 Å². The van der Waals surface area contributed by atoms with E-state index < -0.39 is 43.3 Å². The number of allylic oxidation sites excluding steroid dienone is 2. The van der Waals surface area contributed by atoms with Gasteiger partial charge in [0.2, 0.25) is 0 Å². The molecule has 1 unspecified atom stereocenters. The molecular weight excluding hydrogens is 679 g/mol. The van der Waals surface area contributed by atoms with Crippen molar-refractivity contribution in [1.29, 1.82) is 0 Å². The minimum atomic E-state index is -1.71. The van der Waals surface area contributed by atoms with Gasteiger partial charge >= 0.3 is 7.96 Å². The van der Waals surface area contributed by atoms with Gasteiger partial charge in [0.15, 0.2) is 0 Å². The SMILES string of the molecule is C=IC(F)(Oc1ccc(C2=CCC3OC(=O)N(Cc4ncccn4)CC3=C2)c(OCCC)c1)I=C. The third-order valence-electron chi connectivity index (χ3n) is 5.40. The Balaban J connectivity index is 1.58. The van der Waals surface area contributed by atoms with Gasteiger partial charge in [-0.05, 0) is 83.3 Å². The first kappa shape index (κ1) is 25.9. The number of fused-ring (bicyclic) bond motifs is 1. The van der Waals surface area contributed by atoms with Crippen LogP contribution < -0.4 is 9.47 Å². The van der Waals surface area contributed by atoms with E-state index in [1.54, 1.807) is 35.5 Å². The van der Waals surface area contributed by atoms with Crippen molar-refractivity contribution in [2.24, 2.45) is 0 Å². The average Bonchev–Trinajstić information content (AvgIpc) is 2.88. The molecular formula is C25H26FI2N3O4. The number of alkyl halides is 3. The molecule has 2 aliphatic rings. The first-order valence-electron chi connectivity index (χ1n) is 11.0. The van der Waals surface area contributed by atoms with Gasteiger partial charge in [0, 0.05) is 37.0 Å². The normalized spacial score (nSPS) is 17.7. The fraction of sp³-hybridized carbons (Fsp3) is 0.320. The highest BCUT2D eigenvalue weighted by atomic mass is 127. The van der Waals surface area contributed by atoms with Crippen LogP contribution >= 0.6 is 41.5 Å². The molecule has 1 atom stereocenters. The number of hydrogen-bond donors (Lipinski definition) is 0. The van der Waals surface area contributed by atoms with E-state index >= 15 is 0 Å². The molecule has 0 spiro atoms.